The molecule has 0 radical (unpaired) electrons. The molecular weight excluding hydrogens is 289 g/mol. The molecule has 1 aromatic heterocycles. The van der Waals surface area contributed by atoms with Crippen molar-refractivity contribution in [2.75, 3.05) is 32.1 Å². The first-order valence-corrected chi connectivity index (χ1v) is 8.71. The Morgan fingerprint density at radius 1 is 1.53 bits per heavy atom. The smallest absolute Gasteiger partial charge is 0.303 e. The van der Waals surface area contributed by atoms with E-state index in [-0.39, 0.29) is 6.54 Å². The zero-order valence-electron chi connectivity index (χ0n) is 10.6. The second kappa shape index (κ2) is 6.78. The van der Waals surface area contributed by atoms with Crippen LogP contribution in [0.4, 0.5) is 3.89 Å². The SMILES string of the molecule is O=S(=O)(F)CCN(Cc1cccs1)CC1CCOC1. The summed E-state index contributed by atoms with van der Waals surface area (Å²) in [6, 6.07) is 3.97. The van der Waals surface area contributed by atoms with Gasteiger partial charge in [-0.1, -0.05) is 6.07 Å². The van der Waals surface area contributed by atoms with Gasteiger partial charge in [0, 0.05) is 31.1 Å². The average molecular weight is 307 g/mol. The van der Waals surface area contributed by atoms with Crippen LogP contribution in [0.3, 0.4) is 0 Å². The van der Waals surface area contributed by atoms with Crippen LogP contribution in [-0.2, 0) is 21.5 Å². The maximum absolute atomic E-state index is 12.7. The number of rotatable bonds is 7. The molecule has 108 valence electrons. The topological polar surface area (TPSA) is 46.6 Å². The zero-order chi connectivity index (χ0) is 13.7. The van der Waals surface area contributed by atoms with Gasteiger partial charge in [-0.05, 0) is 23.8 Å². The van der Waals surface area contributed by atoms with Crippen molar-refractivity contribution in [1.29, 1.82) is 0 Å². The lowest BCUT2D eigenvalue weighted by Gasteiger charge is -2.23. The Labute approximate surface area is 117 Å². The molecule has 0 spiro atoms. The summed E-state index contributed by atoms with van der Waals surface area (Å²) in [6.07, 6.45) is 0.989. The summed E-state index contributed by atoms with van der Waals surface area (Å²) in [6.45, 7) is 3.13. The molecule has 4 nitrogen and oxygen atoms in total. The van der Waals surface area contributed by atoms with Crippen LogP contribution in [0.15, 0.2) is 17.5 Å². The molecule has 0 bridgehead atoms. The molecule has 1 aliphatic heterocycles. The van der Waals surface area contributed by atoms with Gasteiger partial charge in [0.1, 0.15) is 0 Å². The lowest BCUT2D eigenvalue weighted by atomic mass is 10.1. The van der Waals surface area contributed by atoms with Gasteiger partial charge < -0.3 is 4.74 Å². The predicted molar refractivity (Wildman–Crippen MR) is 73.4 cm³/mol. The third-order valence-corrected chi connectivity index (χ3v) is 4.68. The van der Waals surface area contributed by atoms with Crippen molar-refractivity contribution in [2.45, 2.75) is 13.0 Å². The molecule has 1 atom stereocenters. The lowest BCUT2D eigenvalue weighted by Crippen LogP contribution is -2.32. The summed E-state index contributed by atoms with van der Waals surface area (Å²) in [5.41, 5.74) is 0. The molecule has 0 amide bonds. The second-order valence-corrected chi connectivity index (χ2v) is 7.31. The van der Waals surface area contributed by atoms with Gasteiger partial charge in [0.25, 0.3) is 0 Å². The van der Waals surface area contributed by atoms with Crippen LogP contribution in [0.5, 0.6) is 0 Å². The number of halogens is 1. The van der Waals surface area contributed by atoms with Gasteiger partial charge in [0.2, 0.25) is 0 Å². The van der Waals surface area contributed by atoms with E-state index in [0.29, 0.717) is 19.1 Å². The van der Waals surface area contributed by atoms with E-state index in [1.165, 1.54) is 0 Å². The zero-order valence-corrected chi connectivity index (χ0v) is 12.3. The average Bonchev–Trinajstić information content (AvgIpc) is 2.97. The monoisotopic (exact) mass is 307 g/mol. The molecule has 7 heteroatoms. The molecule has 19 heavy (non-hydrogen) atoms. The van der Waals surface area contributed by atoms with Crippen molar-refractivity contribution in [1.82, 2.24) is 4.90 Å². The number of thiophene rings is 1. The quantitative estimate of drug-likeness (QED) is 0.722. The fraction of sp³-hybridized carbons (Fsp3) is 0.667. The standard InChI is InChI=1S/C12H18FNO3S2/c13-19(15,16)7-4-14(8-11-3-5-17-10-11)9-12-2-1-6-18-12/h1-2,6,11H,3-5,7-10H2. The minimum atomic E-state index is -4.40. The van der Waals surface area contributed by atoms with Crippen LogP contribution < -0.4 is 0 Å². The summed E-state index contributed by atoms with van der Waals surface area (Å²) in [5.74, 6) is -0.0198. The molecule has 2 heterocycles. The number of hydrogen-bond donors (Lipinski definition) is 0. The van der Waals surface area contributed by atoms with Crippen molar-refractivity contribution < 1.29 is 17.0 Å². The summed E-state index contributed by atoms with van der Waals surface area (Å²) in [4.78, 5) is 3.16. The van der Waals surface area contributed by atoms with E-state index in [1.807, 2.05) is 22.4 Å². The molecule has 2 rings (SSSR count). The van der Waals surface area contributed by atoms with E-state index in [2.05, 4.69) is 0 Å². The van der Waals surface area contributed by atoms with Crippen LogP contribution in [0.1, 0.15) is 11.3 Å². The Balaban J connectivity index is 1.91. The first-order valence-electron chi connectivity index (χ1n) is 6.28. The molecule has 0 saturated carbocycles. The molecule has 1 fully saturated rings. The highest BCUT2D eigenvalue weighted by atomic mass is 32.3. The van der Waals surface area contributed by atoms with Crippen LogP contribution in [0, 0.1) is 5.92 Å². The minimum Gasteiger partial charge on any atom is -0.381 e. The van der Waals surface area contributed by atoms with Gasteiger partial charge in [-0.25, -0.2) is 0 Å². The lowest BCUT2D eigenvalue weighted by molar-refractivity contribution is 0.167. The van der Waals surface area contributed by atoms with Crippen LogP contribution in [0.25, 0.3) is 0 Å². The largest absolute Gasteiger partial charge is 0.381 e. The Morgan fingerprint density at radius 3 is 2.95 bits per heavy atom. The highest BCUT2D eigenvalue weighted by Crippen LogP contribution is 2.17. The van der Waals surface area contributed by atoms with Crippen molar-refractivity contribution in [3.05, 3.63) is 22.4 Å². The van der Waals surface area contributed by atoms with Crippen LogP contribution in [-0.4, -0.2) is 45.4 Å². The highest BCUT2D eigenvalue weighted by molar-refractivity contribution is 7.86. The number of hydrogen-bond acceptors (Lipinski definition) is 5. The number of nitrogens with zero attached hydrogens (tertiary/aromatic N) is 1. The Morgan fingerprint density at radius 2 is 2.37 bits per heavy atom. The maximum atomic E-state index is 12.7. The van der Waals surface area contributed by atoms with Gasteiger partial charge in [-0.2, -0.15) is 8.42 Å². The summed E-state index contributed by atoms with van der Waals surface area (Å²) < 4.78 is 39.3. The normalized spacial score (nSPS) is 20.2. The van der Waals surface area contributed by atoms with Crippen LogP contribution in [0.2, 0.25) is 0 Å². The predicted octanol–water partition coefficient (Wildman–Crippen LogP) is 1.89. The van der Waals surface area contributed by atoms with Crippen molar-refractivity contribution in [2.24, 2.45) is 5.92 Å². The fourth-order valence-corrected chi connectivity index (χ4v) is 3.41. The molecule has 0 aromatic carbocycles. The van der Waals surface area contributed by atoms with Gasteiger partial charge in [0.05, 0.1) is 12.4 Å². The first kappa shape index (κ1) is 14.9. The van der Waals surface area contributed by atoms with E-state index < -0.39 is 16.0 Å². The third-order valence-electron chi connectivity index (χ3n) is 3.15. The van der Waals surface area contributed by atoms with Crippen molar-refractivity contribution in [3.8, 4) is 0 Å². The van der Waals surface area contributed by atoms with Crippen molar-refractivity contribution >= 4 is 21.6 Å². The van der Waals surface area contributed by atoms with Gasteiger partial charge in [-0.15, -0.1) is 15.2 Å². The molecule has 0 aliphatic carbocycles. The molecule has 1 aliphatic rings. The Hall–Kier alpha value is -0.500. The second-order valence-electron chi connectivity index (χ2n) is 4.79. The summed E-state index contributed by atoms with van der Waals surface area (Å²) >= 11 is 1.63. The highest BCUT2D eigenvalue weighted by Gasteiger charge is 2.21. The summed E-state index contributed by atoms with van der Waals surface area (Å²) in [5, 5.41) is 1.98. The number of ether oxygens (including phenoxy) is 1. The fourth-order valence-electron chi connectivity index (χ4n) is 2.19. The first-order chi connectivity index (χ1) is 9.03. The molecule has 1 saturated heterocycles. The van der Waals surface area contributed by atoms with Gasteiger partial charge in [-0.3, -0.25) is 4.90 Å². The Bertz CT molecular complexity index is 469. The van der Waals surface area contributed by atoms with E-state index in [9.17, 15) is 12.3 Å². The van der Waals surface area contributed by atoms with E-state index in [4.69, 9.17) is 4.74 Å². The molecule has 1 aromatic rings. The molecular formula is C12H18FNO3S2. The third kappa shape index (κ3) is 5.56. The minimum absolute atomic E-state index is 0.229. The Kier molecular flexibility index (Phi) is 5.32. The summed E-state index contributed by atoms with van der Waals surface area (Å²) in [7, 11) is -4.40. The van der Waals surface area contributed by atoms with Gasteiger partial charge >= 0.3 is 10.2 Å². The maximum Gasteiger partial charge on any atom is 0.303 e. The molecule has 1 unspecified atom stereocenters. The molecule has 0 N–H and O–H groups in total. The van der Waals surface area contributed by atoms with E-state index in [0.717, 1.165) is 24.4 Å². The van der Waals surface area contributed by atoms with Gasteiger partial charge in [0.15, 0.2) is 0 Å². The van der Waals surface area contributed by atoms with E-state index >= 15 is 0 Å². The van der Waals surface area contributed by atoms with Crippen molar-refractivity contribution in [3.63, 3.8) is 0 Å². The van der Waals surface area contributed by atoms with Crippen LogP contribution >= 0.6 is 11.3 Å². The van der Waals surface area contributed by atoms with E-state index in [1.54, 1.807) is 11.3 Å².